The largest absolute Gasteiger partial charge is 0.454 e. The smallest absolute Gasteiger partial charge is 0.263 e. The van der Waals surface area contributed by atoms with Gasteiger partial charge in [-0.05, 0) is 36.2 Å². The molecular formula is C20H18N4O5S. The van der Waals surface area contributed by atoms with E-state index in [1.807, 2.05) is 18.2 Å². The number of aromatic amines is 1. The van der Waals surface area contributed by atoms with E-state index in [9.17, 15) is 14.4 Å². The maximum atomic E-state index is 12.2. The van der Waals surface area contributed by atoms with Crippen LogP contribution in [0.4, 0.5) is 5.13 Å². The number of nitrogens with zero attached hydrogens (tertiary/aromatic N) is 1. The van der Waals surface area contributed by atoms with Crippen LogP contribution in [0.15, 0.2) is 46.7 Å². The highest BCUT2D eigenvalue weighted by atomic mass is 32.1. The molecule has 0 spiro atoms. The predicted molar refractivity (Wildman–Crippen MR) is 110 cm³/mol. The van der Waals surface area contributed by atoms with E-state index in [-0.39, 0.29) is 24.7 Å². The second-order valence-corrected chi connectivity index (χ2v) is 7.33. The fourth-order valence-electron chi connectivity index (χ4n) is 2.83. The van der Waals surface area contributed by atoms with E-state index in [4.69, 9.17) is 9.47 Å². The van der Waals surface area contributed by atoms with Crippen molar-refractivity contribution >= 4 is 28.3 Å². The molecule has 0 aliphatic carbocycles. The quantitative estimate of drug-likeness (QED) is 0.532. The van der Waals surface area contributed by atoms with Crippen molar-refractivity contribution in [3.8, 4) is 11.5 Å². The van der Waals surface area contributed by atoms with Gasteiger partial charge in [-0.25, -0.2) is 4.98 Å². The molecule has 0 bridgehead atoms. The maximum Gasteiger partial charge on any atom is 0.263 e. The number of hydrogen-bond acceptors (Lipinski definition) is 7. The molecule has 1 aliphatic heterocycles. The van der Waals surface area contributed by atoms with Gasteiger partial charge in [0.25, 0.3) is 11.5 Å². The van der Waals surface area contributed by atoms with Gasteiger partial charge >= 0.3 is 0 Å². The number of fused-ring (bicyclic) bond motifs is 1. The second kappa shape index (κ2) is 8.78. The Morgan fingerprint density at radius 1 is 1.20 bits per heavy atom. The molecule has 3 aromatic rings. The molecule has 0 atom stereocenters. The van der Waals surface area contributed by atoms with E-state index < -0.39 is 11.5 Å². The predicted octanol–water partition coefficient (Wildman–Crippen LogP) is 2.06. The number of hydrogen-bond donors (Lipinski definition) is 3. The lowest BCUT2D eigenvalue weighted by Gasteiger charge is -2.06. The normalized spacial score (nSPS) is 11.9. The third-order valence-corrected chi connectivity index (χ3v) is 5.18. The second-order valence-electron chi connectivity index (χ2n) is 6.48. The number of benzene rings is 1. The van der Waals surface area contributed by atoms with Gasteiger partial charge < -0.3 is 19.8 Å². The van der Waals surface area contributed by atoms with Crippen molar-refractivity contribution in [1.29, 1.82) is 0 Å². The minimum absolute atomic E-state index is 0.0112. The molecule has 3 N–H and O–H groups in total. The number of pyridine rings is 1. The van der Waals surface area contributed by atoms with Crippen molar-refractivity contribution in [3.05, 3.63) is 69.1 Å². The summed E-state index contributed by atoms with van der Waals surface area (Å²) in [4.78, 5) is 42.7. The summed E-state index contributed by atoms with van der Waals surface area (Å²) in [6, 6.07) is 8.55. The topological polar surface area (TPSA) is 122 Å². The van der Waals surface area contributed by atoms with Crippen molar-refractivity contribution in [2.75, 3.05) is 12.1 Å². The summed E-state index contributed by atoms with van der Waals surface area (Å²) in [6.07, 6.45) is 2.16. The van der Waals surface area contributed by atoms with E-state index >= 15 is 0 Å². The zero-order valence-electron chi connectivity index (χ0n) is 15.8. The van der Waals surface area contributed by atoms with Crippen LogP contribution in [0, 0.1) is 0 Å². The van der Waals surface area contributed by atoms with Crippen molar-refractivity contribution in [2.24, 2.45) is 0 Å². The van der Waals surface area contributed by atoms with Crippen molar-refractivity contribution < 1.29 is 19.1 Å². The van der Waals surface area contributed by atoms with Gasteiger partial charge in [0.15, 0.2) is 16.6 Å². The molecule has 10 heteroatoms. The fraction of sp³-hybridized carbons (Fsp3) is 0.200. The number of aryl methyl sites for hydroxylation is 1. The molecule has 0 fully saturated rings. The van der Waals surface area contributed by atoms with E-state index in [2.05, 4.69) is 20.6 Å². The highest BCUT2D eigenvalue weighted by molar-refractivity contribution is 7.14. The van der Waals surface area contributed by atoms with Crippen LogP contribution in [0.2, 0.25) is 0 Å². The van der Waals surface area contributed by atoms with Crippen LogP contribution >= 0.6 is 11.3 Å². The maximum absolute atomic E-state index is 12.2. The molecule has 3 heterocycles. The molecule has 0 radical (unpaired) electrons. The number of thiazole rings is 1. The first kappa shape index (κ1) is 19.6. The highest BCUT2D eigenvalue weighted by Crippen LogP contribution is 2.32. The monoisotopic (exact) mass is 426 g/mol. The first-order valence-corrected chi connectivity index (χ1v) is 10.0. The van der Waals surface area contributed by atoms with Crippen molar-refractivity contribution in [3.63, 3.8) is 0 Å². The Hall–Kier alpha value is -3.66. The van der Waals surface area contributed by atoms with Crippen molar-refractivity contribution in [1.82, 2.24) is 15.3 Å². The third-order valence-electron chi connectivity index (χ3n) is 4.37. The molecule has 0 saturated carbocycles. The summed E-state index contributed by atoms with van der Waals surface area (Å²) < 4.78 is 10.6. The number of nitrogens with one attached hydrogen (secondary N) is 3. The van der Waals surface area contributed by atoms with Crippen LogP contribution in [0.5, 0.6) is 11.5 Å². The van der Waals surface area contributed by atoms with Gasteiger partial charge in [0, 0.05) is 24.5 Å². The zero-order valence-corrected chi connectivity index (χ0v) is 16.6. The third kappa shape index (κ3) is 4.66. The number of rotatable bonds is 7. The van der Waals surface area contributed by atoms with Crippen LogP contribution < -0.4 is 25.7 Å². The molecule has 1 aliphatic rings. The van der Waals surface area contributed by atoms with Crippen molar-refractivity contribution in [2.45, 2.75) is 19.4 Å². The van der Waals surface area contributed by atoms with Gasteiger partial charge in [0.05, 0.1) is 5.69 Å². The van der Waals surface area contributed by atoms with E-state index in [1.165, 1.54) is 23.6 Å². The average Bonchev–Trinajstić information content (AvgIpc) is 3.39. The van der Waals surface area contributed by atoms with Crippen LogP contribution in [-0.2, 0) is 17.8 Å². The molecular weight excluding hydrogens is 408 g/mol. The van der Waals surface area contributed by atoms with Gasteiger partial charge in [-0.2, -0.15) is 0 Å². The van der Waals surface area contributed by atoms with Gasteiger partial charge in [-0.1, -0.05) is 6.07 Å². The van der Waals surface area contributed by atoms with Crippen LogP contribution in [0.3, 0.4) is 0 Å². The minimum Gasteiger partial charge on any atom is -0.454 e. The van der Waals surface area contributed by atoms with E-state index in [1.54, 1.807) is 11.4 Å². The summed E-state index contributed by atoms with van der Waals surface area (Å²) >= 11 is 1.24. The Kier molecular flexibility index (Phi) is 5.75. The first-order valence-electron chi connectivity index (χ1n) is 9.17. The van der Waals surface area contributed by atoms with Gasteiger partial charge in [0.2, 0.25) is 12.7 Å². The van der Waals surface area contributed by atoms with Crippen LogP contribution in [-0.4, -0.2) is 28.6 Å². The lowest BCUT2D eigenvalue weighted by molar-refractivity contribution is -0.121. The summed E-state index contributed by atoms with van der Waals surface area (Å²) in [6.45, 7) is 0.600. The molecule has 2 amide bonds. The molecule has 0 saturated heterocycles. The molecule has 4 rings (SSSR count). The average molecular weight is 426 g/mol. The Balaban J connectivity index is 1.25. The summed E-state index contributed by atoms with van der Waals surface area (Å²) in [5.74, 6) is 0.742. The van der Waals surface area contributed by atoms with Gasteiger partial charge in [-0.15, -0.1) is 11.3 Å². The molecule has 1 aromatic carbocycles. The van der Waals surface area contributed by atoms with Crippen LogP contribution in [0.25, 0.3) is 0 Å². The SMILES string of the molecule is O=C(CCc1csc(NC(=O)c2ccc[nH]c2=O)n1)NCc1ccc2c(c1)OCO2. The molecule has 30 heavy (non-hydrogen) atoms. The number of ether oxygens (including phenoxy) is 2. The molecule has 2 aromatic heterocycles. The lowest BCUT2D eigenvalue weighted by Crippen LogP contribution is -2.23. The molecule has 9 nitrogen and oxygen atoms in total. The van der Waals surface area contributed by atoms with Gasteiger partial charge in [0.1, 0.15) is 5.56 Å². The summed E-state index contributed by atoms with van der Waals surface area (Å²) in [5.41, 5.74) is 1.15. The molecule has 154 valence electrons. The number of carbonyl (C=O) groups is 2. The Morgan fingerprint density at radius 3 is 2.93 bits per heavy atom. The van der Waals surface area contributed by atoms with E-state index in [0.717, 1.165) is 5.56 Å². The Bertz CT molecular complexity index is 1140. The number of H-pyrrole nitrogens is 1. The number of anilines is 1. The zero-order chi connectivity index (χ0) is 20.9. The van der Waals surface area contributed by atoms with E-state index in [0.29, 0.717) is 35.3 Å². The minimum atomic E-state index is -0.529. The lowest BCUT2D eigenvalue weighted by atomic mass is 10.2. The van der Waals surface area contributed by atoms with Crippen LogP contribution in [0.1, 0.15) is 28.0 Å². The standard InChI is InChI=1S/C20H18N4O5S/c25-17(22-9-12-3-5-15-16(8-12)29-11-28-15)6-4-13-10-30-20(23-13)24-19(27)14-2-1-7-21-18(14)26/h1-3,5,7-8,10H,4,6,9,11H2,(H,21,26)(H,22,25)(H,23,24,27). The first-order chi connectivity index (χ1) is 14.6. The Labute approximate surface area is 175 Å². The number of amides is 2. The number of carbonyl (C=O) groups excluding carboxylic acids is 2. The Morgan fingerprint density at radius 2 is 2.07 bits per heavy atom. The summed E-state index contributed by atoms with van der Waals surface area (Å²) in [7, 11) is 0. The number of aromatic nitrogens is 2. The highest BCUT2D eigenvalue weighted by Gasteiger charge is 2.14. The molecule has 0 unspecified atom stereocenters. The van der Waals surface area contributed by atoms with Gasteiger partial charge in [-0.3, -0.25) is 19.7 Å². The fourth-order valence-corrected chi connectivity index (χ4v) is 3.57. The summed E-state index contributed by atoms with van der Waals surface area (Å²) in [5, 5.41) is 7.61.